The van der Waals surface area contributed by atoms with Crippen LogP contribution in [-0.2, 0) is 11.2 Å². The van der Waals surface area contributed by atoms with Crippen LogP contribution in [0.5, 0.6) is 0 Å². The van der Waals surface area contributed by atoms with E-state index in [1.54, 1.807) is 6.07 Å². The van der Waals surface area contributed by atoms with Crippen LogP contribution in [0.1, 0.15) is 22.8 Å². The first-order valence-corrected chi connectivity index (χ1v) is 4.45. The van der Waals surface area contributed by atoms with Gasteiger partial charge in [0.15, 0.2) is 0 Å². The van der Waals surface area contributed by atoms with Crippen LogP contribution in [0.15, 0.2) is 18.2 Å². The van der Waals surface area contributed by atoms with Gasteiger partial charge in [0, 0.05) is 12.1 Å². The first-order valence-electron chi connectivity index (χ1n) is 4.45. The molecule has 0 aliphatic rings. The Kier molecular flexibility index (Phi) is 3.38. The molecule has 0 bridgehead atoms. The predicted octanol–water partition coefficient (Wildman–Crippen LogP) is 1.94. The molecule has 0 aromatic heterocycles. The summed E-state index contributed by atoms with van der Waals surface area (Å²) in [6, 6.07) is 4.19. The van der Waals surface area contributed by atoms with Crippen molar-refractivity contribution in [2.75, 3.05) is 7.11 Å². The standard InChI is InChI=1S/C10H11NO4/c1-3-7-4-5-8(11(13)14)6-9(7)10(12)15-2/h4-6H,3H2,1-2H3. The first-order chi connectivity index (χ1) is 7.10. The third-order valence-electron chi connectivity index (χ3n) is 2.09. The van der Waals surface area contributed by atoms with Gasteiger partial charge in [-0.2, -0.15) is 0 Å². The van der Waals surface area contributed by atoms with Gasteiger partial charge in [-0.25, -0.2) is 4.79 Å². The second kappa shape index (κ2) is 4.54. The second-order valence-electron chi connectivity index (χ2n) is 2.94. The number of esters is 1. The number of hydrogen-bond donors (Lipinski definition) is 0. The maximum Gasteiger partial charge on any atom is 0.338 e. The molecule has 15 heavy (non-hydrogen) atoms. The summed E-state index contributed by atoms with van der Waals surface area (Å²) in [4.78, 5) is 21.3. The maximum atomic E-state index is 11.3. The van der Waals surface area contributed by atoms with Gasteiger partial charge in [-0.05, 0) is 12.0 Å². The molecule has 0 unspecified atom stereocenters. The Labute approximate surface area is 86.8 Å². The molecule has 0 amide bonds. The van der Waals surface area contributed by atoms with Gasteiger partial charge in [0.25, 0.3) is 5.69 Å². The Morgan fingerprint density at radius 2 is 2.20 bits per heavy atom. The minimum atomic E-state index is -0.546. The van der Waals surface area contributed by atoms with Gasteiger partial charge in [-0.1, -0.05) is 13.0 Å². The van der Waals surface area contributed by atoms with Crippen LogP contribution in [0.4, 0.5) is 5.69 Å². The van der Waals surface area contributed by atoms with Gasteiger partial charge >= 0.3 is 5.97 Å². The van der Waals surface area contributed by atoms with Gasteiger partial charge in [0.05, 0.1) is 17.6 Å². The highest BCUT2D eigenvalue weighted by Crippen LogP contribution is 2.19. The van der Waals surface area contributed by atoms with E-state index in [4.69, 9.17) is 0 Å². The largest absolute Gasteiger partial charge is 0.465 e. The number of ether oxygens (including phenoxy) is 1. The molecule has 1 aromatic rings. The number of nitrogens with zero attached hydrogens (tertiary/aromatic N) is 1. The molecule has 5 heteroatoms. The Morgan fingerprint density at radius 3 is 2.67 bits per heavy atom. The highest BCUT2D eigenvalue weighted by Gasteiger charge is 2.15. The van der Waals surface area contributed by atoms with Crippen molar-refractivity contribution in [1.29, 1.82) is 0 Å². The van der Waals surface area contributed by atoms with Crippen molar-refractivity contribution in [2.24, 2.45) is 0 Å². The van der Waals surface area contributed by atoms with Crippen LogP contribution in [-0.4, -0.2) is 18.0 Å². The van der Waals surface area contributed by atoms with Crippen LogP contribution in [0.3, 0.4) is 0 Å². The zero-order valence-electron chi connectivity index (χ0n) is 8.52. The molecule has 80 valence electrons. The number of rotatable bonds is 3. The molecule has 0 aliphatic heterocycles. The molecule has 0 aliphatic carbocycles. The van der Waals surface area contributed by atoms with E-state index in [0.29, 0.717) is 6.42 Å². The van der Waals surface area contributed by atoms with Crippen molar-refractivity contribution < 1.29 is 14.5 Å². The molecular formula is C10H11NO4. The van der Waals surface area contributed by atoms with Gasteiger partial charge in [-0.3, -0.25) is 10.1 Å². The number of non-ortho nitro benzene ring substituents is 1. The lowest BCUT2D eigenvalue weighted by atomic mass is 10.0. The van der Waals surface area contributed by atoms with E-state index >= 15 is 0 Å². The Morgan fingerprint density at radius 1 is 1.53 bits per heavy atom. The highest BCUT2D eigenvalue weighted by atomic mass is 16.6. The first kappa shape index (κ1) is 11.2. The van der Waals surface area contributed by atoms with Crippen molar-refractivity contribution in [2.45, 2.75) is 13.3 Å². The summed E-state index contributed by atoms with van der Waals surface area (Å²) < 4.78 is 4.55. The lowest BCUT2D eigenvalue weighted by molar-refractivity contribution is -0.384. The SMILES string of the molecule is CCc1ccc([N+](=O)[O-])cc1C(=O)OC. The smallest absolute Gasteiger partial charge is 0.338 e. The Hall–Kier alpha value is -1.91. The van der Waals surface area contributed by atoms with E-state index < -0.39 is 10.9 Å². The molecule has 0 saturated carbocycles. The zero-order valence-corrected chi connectivity index (χ0v) is 8.52. The van der Waals surface area contributed by atoms with Crippen molar-refractivity contribution >= 4 is 11.7 Å². The maximum absolute atomic E-state index is 11.3. The number of nitro benzene ring substituents is 1. The number of methoxy groups -OCH3 is 1. The van der Waals surface area contributed by atoms with Gasteiger partial charge < -0.3 is 4.74 Å². The summed E-state index contributed by atoms with van der Waals surface area (Å²) in [6.45, 7) is 1.87. The van der Waals surface area contributed by atoms with Crippen molar-refractivity contribution in [3.05, 3.63) is 39.4 Å². The van der Waals surface area contributed by atoms with Crippen LogP contribution >= 0.6 is 0 Å². The number of carbonyl (C=O) groups is 1. The molecule has 1 aromatic carbocycles. The van der Waals surface area contributed by atoms with E-state index in [0.717, 1.165) is 5.56 Å². The number of aryl methyl sites for hydroxylation is 1. The molecule has 0 fully saturated rings. The third kappa shape index (κ3) is 2.31. The van der Waals surface area contributed by atoms with Gasteiger partial charge in [0.1, 0.15) is 0 Å². The predicted molar refractivity (Wildman–Crippen MR) is 53.8 cm³/mol. The summed E-state index contributed by atoms with van der Waals surface area (Å²) >= 11 is 0. The van der Waals surface area contributed by atoms with Crippen LogP contribution in [0.25, 0.3) is 0 Å². The third-order valence-corrected chi connectivity index (χ3v) is 2.09. The average Bonchev–Trinajstić information content (AvgIpc) is 2.27. The lowest BCUT2D eigenvalue weighted by Crippen LogP contribution is -2.06. The molecule has 0 heterocycles. The lowest BCUT2D eigenvalue weighted by Gasteiger charge is -2.04. The number of carbonyl (C=O) groups excluding carboxylic acids is 1. The fourth-order valence-electron chi connectivity index (χ4n) is 1.29. The molecule has 1 rings (SSSR count). The number of benzene rings is 1. The van der Waals surface area contributed by atoms with E-state index in [1.165, 1.54) is 19.2 Å². The summed E-state index contributed by atoms with van der Waals surface area (Å²) in [5.41, 5.74) is 0.897. The molecule has 0 radical (unpaired) electrons. The Bertz CT molecular complexity index is 400. The average molecular weight is 209 g/mol. The van der Waals surface area contributed by atoms with E-state index in [-0.39, 0.29) is 11.3 Å². The van der Waals surface area contributed by atoms with Gasteiger partial charge in [-0.15, -0.1) is 0 Å². The van der Waals surface area contributed by atoms with Gasteiger partial charge in [0.2, 0.25) is 0 Å². The van der Waals surface area contributed by atoms with Crippen molar-refractivity contribution in [3.8, 4) is 0 Å². The zero-order chi connectivity index (χ0) is 11.4. The second-order valence-corrected chi connectivity index (χ2v) is 2.94. The quantitative estimate of drug-likeness (QED) is 0.433. The van der Waals surface area contributed by atoms with Crippen LogP contribution in [0, 0.1) is 10.1 Å². The summed E-state index contributed by atoms with van der Waals surface area (Å²) in [5.74, 6) is -0.546. The fraction of sp³-hybridized carbons (Fsp3) is 0.300. The minimum Gasteiger partial charge on any atom is -0.465 e. The van der Waals surface area contributed by atoms with Crippen molar-refractivity contribution in [3.63, 3.8) is 0 Å². The Balaban J connectivity index is 3.25. The van der Waals surface area contributed by atoms with E-state index in [1.807, 2.05) is 6.92 Å². The fourth-order valence-corrected chi connectivity index (χ4v) is 1.29. The molecular weight excluding hydrogens is 198 g/mol. The van der Waals surface area contributed by atoms with E-state index in [2.05, 4.69) is 4.74 Å². The number of nitro groups is 1. The van der Waals surface area contributed by atoms with Crippen LogP contribution < -0.4 is 0 Å². The molecule has 0 spiro atoms. The molecule has 0 saturated heterocycles. The molecule has 5 nitrogen and oxygen atoms in total. The summed E-state index contributed by atoms with van der Waals surface area (Å²) in [5, 5.41) is 10.5. The van der Waals surface area contributed by atoms with Crippen molar-refractivity contribution in [1.82, 2.24) is 0 Å². The highest BCUT2D eigenvalue weighted by molar-refractivity contribution is 5.91. The molecule has 0 N–H and O–H groups in total. The monoisotopic (exact) mass is 209 g/mol. The minimum absolute atomic E-state index is 0.104. The van der Waals surface area contributed by atoms with Crippen LogP contribution in [0.2, 0.25) is 0 Å². The number of hydrogen-bond acceptors (Lipinski definition) is 4. The normalized spacial score (nSPS) is 9.73. The van der Waals surface area contributed by atoms with E-state index in [9.17, 15) is 14.9 Å². The molecule has 0 atom stereocenters. The topological polar surface area (TPSA) is 69.4 Å². The summed E-state index contributed by atoms with van der Waals surface area (Å²) in [7, 11) is 1.25. The summed E-state index contributed by atoms with van der Waals surface area (Å²) in [6.07, 6.45) is 0.627.